The minimum Gasteiger partial charge on any atom is -0.295 e. The van der Waals surface area contributed by atoms with Crippen LogP contribution in [0.4, 0.5) is 0 Å². The van der Waals surface area contributed by atoms with Gasteiger partial charge >= 0.3 is 0 Å². The first-order valence-electron chi connectivity index (χ1n) is 6.42. The third-order valence-electron chi connectivity index (χ3n) is 4.34. The molecule has 0 bridgehead atoms. The number of Topliss-reactive ketones (excluding diaryl/α,β-unsaturated/α-hetero) is 1. The average molecular weight is 218 g/mol. The highest BCUT2D eigenvalue weighted by atomic mass is 16.1. The predicted octanol–water partition coefficient (Wildman–Crippen LogP) is 3.90. The minimum atomic E-state index is 0.414. The van der Waals surface area contributed by atoms with Gasteiger partial charge in [0.15, 0.2) is 5.78 Å². The van der Waals surface area contributed by atoms with E-state index < -0.39 is 0 Å². The van der Waals surface area contributed by atoms with E-state index in [1.807, 2.05) is 0 Å². The molecular weight excluding hydrogens is 196 g/mol. The number of hydrogen-bond donors (Lipinski definition) is 0. The highest BCUT2D eigenvalue weighted by Crippen LogP contribution is 2.43. The molecule has 0 radical (unpaired) electrons. The van der Waals surface area contributed by atoms with Crippen LogP contribution in [0, 0.1) is 17.8 Å². The maximum Gasteiger partial charge on any atom is 0.159 e. The van der Waals surface area contributed by atoms with Crippen molar-refractivity contribution in [2.45, 2.75) is 46.5 Å². The van der Waals surface area contributed by atoms with Gasteiger partial charge < -0.3 is 0 Å². The number of allylic oxidation sites excluding steroid dienone is 3. The number of ketones is 1. The number of carbonyl (C=O) groups is 1. The molecule has 0 aromatic rings. The molecule has 0 aliphatic heterocycles. The summed E-state index contributed by atoms with van der Waals surface area (Å²) >= 11 is 0. The third kappa shape index (κ3) is 1.88. The van der Waals surface area contributed by atoms with E-state index in [9.17, 15) is 4.79 Å². The summed E-state index contributed by atoms with van der Waals surface area (Å²) in [4.78, 5) is 12.0. The second-order valence-electron chi connectivity index (χ2n) is 5.69. The number of carbonyl (C=O) groups excluding carboxylic acids is 1. The van der Waals surface area contributed by atoms with Gasteiger partial charge in [0.25, 0.3) is 0 Å². The Kier molecular flexibility index (Phi) is 3.05. The van der Waals surface area contributed by atoms with Crippen LogP contribution in [-0.2, 0) is 4.79 Å². The van der Waals surface area contributed by atoms with Crippen LogP contribution in [0.5, 0.6) is 0 Å². The lowest BCUT2D eigenvalue weighted by molar-refractivity contribution is -0.115. The summed E-state index contributed by atoms with van der Waals surface area (Å²) in [6.45, 7) is 10.6. The molecule has 2 aliphatic rings. The lowest BCUT2D eigenvalue weighted by Gasteiger charge is -2.17. The second kappa shape index (κ2) is 4.20. The summed E-state index contributed by atoms with van der Waals surface area (Å²) < 4.78 is 0. The molecular formula is C15H22O. The fourth-order valence-corrected chi connectivity index (χ4v) is 3.24. The highest BCUT2D eigenvalue weighted by Gasteiger charge is 2.35. The van der Waals surface area contributed by atoms with Crippen molar-refractivity contribution in [3.8, 4) is 0 Å². The van der Waals surface area contributed by atoms with E-state index >= 15 is 0 Å². The van der Waals surface area contributed by atoms with Crippen molar-refractivity contribution in [3.05, 3.63) is 23.3 Å². The van der Waals surface area contributed by atoms with Gasteiger partial charge in [0.2, 0.25) is 0 Å². The summed E-state index contributed by atoms with van der Waals surface area (Å²) in [5, 5.41) is 0. The minimum absolute atomic E-state index is 0.414. The third-order valence-corrected chi connectivity index (χ3v) is 4.34. The van der Waals surface area contributed by atoms with Crippen LogP contribution in [-0.4, -0.2) is 5.78 Å². The van der Waals surface area contributed by atoms with Gasteiger partial charge in [-0.1, -0.05) is 31.6 Å². The van der Waals surface area contributed by atoms with Gasteiger partial charge in [-0.05, 0) is 49.5 Å². The van der Waals surface area contributed by atoms with Crippen molar-refractivity contribution in [2.24, 2.45) is 17.8 Å². The van der Waals surface area contributed by atoms with Crippen molar-refractivity contribution >= 4 is 5.78 Å². The molecule has 0 spiro atoms. The Morgan fingerprint density at radius 1 is 1.19 bits per heavy atom. The molecule has 16 heavy (non-hydrogen) atoms. The molecule has 0 aromatic carbocycles. The SMILES string of the molecule is C=C(C)C1CCC(C)C2=C(C1)C(C)CC2=O. The Morgan fingerprint density at radius 2 is 1.88 bits per heavy atom. The Bertz CT molecular complexity index is 362. The first-order chi connectivity index (χ1) is 7.50. The molecule has 0 heterocycles. The standard InChI is InChI=1S/C15H22O/c1-9(2)12-6-5-10(3)15-13(8-12)11(4)7-14(15)16/h10-12H,1,5-8H2,2-4H3. The van der Waals surface area contributed by atoms with Crippen LogP contribution in [0.3, 0.4) is 0 Å². The van der Waals surface area contributed by atoms with E-state index in [0.717, 1.165) is 19.3 Å². The van der Waals surface area contributed by atoms with Gasteiger partial charge in [-0.25, -0.2) is 0 Å². The smallest absolute Gasteiger partial charge is 0.159 e. The summed E-state index contributed by atoms with van der Waals surface area (Å²) in [5.41, 5.74) is 3.91. The zero-order chi connectivity index (χ0) is 11.9. The van der Waals surface area contributed by atoms with E-state index in [4.69, 9.17) is 0 Å². The maximum atomic E-state index is 12.0. The molecule has 0 saturated carbocycles. The topological polar surface area (TPSA) is 17.1 Å². The molecule has 1 nitrogen and oxygen atoms in total. The monoisotopic (exact) mass is 218 g/mol. The lowest BCUT2D eigenvalue weighted by atomic mass is 9.87. The highest BCUT2D eigenvalue weighted by molar-refractivity contribution is 5.99. The predicted molar refractivity (Wildman–Crippen MR) is 67.1 cm³/mol. The molecule has 1 heteroatoms. The zero-order valence-electron chi connectivity index (χ0n) is 10.7. The molecule has 0 amide bonds. The van der Waals surface area contributed by atoms with Crippen molar-refractivity contribution in [2.75, 3.05) is 0 Å². The summed E-state index contributed by atoms with van der Waals surface area (Å²) in [6.07, 6.45) is 4.18. The van der Waals surface area contributed by atoms with Crippen LogP contribution in [0.1, 0.15) is 46.5 Å². The Morgan fingerprint density at radius 3 is 2.50 bits per heavy atom. The number of rotatable bonds is 1. The van der Waals surface area contributed by atoms with Gasteiger partial charge in [-0.3, -0.25) is 4.79 Å². The van der Waals surface area contributed by atoms with Crippen molar-refractivity contribution in [1.82, 2.24) is 0 Å². The normalized spacial score (nSPS) is 34.9. The molecule has 0 fully saturated rings. The van der Waals surface area contributed by atoms with E-state index in [2.05, 4.69) is 27.4 Å². The second-order valence-corrected chi connectivity index (χ2v) is 5.69. The van der Waals surface area contributed by atoms with Gasteiger partial charge in [-0.15, -0.1) is 0 Å². The fraction of sp³-hybridized carbons (Fsp3) is 0.667. The van der Waals surface area contributed by atoms with Gasteiger partial charge in [-0.2, -0.15) is 0 Å². The number of hydrogen-bond acceptors (Lipinski definition) is 1. The molecule has 88 valence electrons. The van der Waals surface area contributed by atoms with Crippen molar-refractivity contribution in [3.63, 3.8) is 0 Å². The van der Waals surface area contributed by atoms with Crippen molar-refractivity contribution < 1.29 is 4.79 Å². The van der Waals surface area contributed by atoms with Gasteiger partial charge in [0.1, 0.15) is 0 Å². The Hall–Kier alpha value is -0.850. The first-order valence-corrected chi connectivity index (χ1v) is 6.42. The van der Waals surface area contributed by atoms with Crippen LogP contribution in [0.25, 0.3) is 0 Å². The quantitative estimate of drug-likeness (QED) is 0.610. The van der Waals surface area contributed by atoms with Crippen LogP contribution < -0.4 is 0 Å². The van der Waals surface area contributed by atoms with Crippen LogP contribution in [0.2, 0.25) is 0 Å². The van der Waals surface area contributed by atoms with Gasteiger partial charge in [0.05, 0.1) is 0 Å². The van der Waals surface area contributed by atoms with Crippen LogP contribution >= 0.6 is 0 Å². The average Bonchev–Trinajstić information content (AvgIpc) is 2.39. The van der Waals surface area contributed by atoms with E-state index in [0.29, 0.717) is 23.5 Å². The first kappa shape index (κ1) is 11.6. The molecule has 3 atom stereocenters. The van der Waals surface area contributed by atoms with Crippen molar-refractivity contribution in [1.29, 1.82) is 0 Å². The Labute approximate surface area is 98.6 Å². The van der Waals surface area contributed by atoms with Crippen LogP contribution in [0.15, 0.2) is 23.3 Å². The molecule has 2 aliphatic carbocycles. The maximum absolute atomic E-state index is 12.0. The molecule has 2 rings (SSSR count). The largest absolute Gasteiger partial charge is 0.295 e. The fourth-order valence-electron chi connectivity index (χ4n) is 3.24. The van der Waals surface area contributed by atoms with Gasteiger partial charge in [0, 0.05) is 6.42 Å². The summed E-state index contributed by atoms with van der Waals surface area (Å²) in [7, 11) is 0. The lowest BCUT2D eigenvalue weighted by Crippen LogP contribution is -2.07. The van der Waals surface area contributed by atoms with E-state index in [1.165, 1.54) is 23.1 Å². The molecule has 0 aromatic heterocycles. The zero-order valence-corrected chi connectivity index (χ0v) is 10.7. The summed E-state index contributed by atoms with van der Waals surface area (Å²) in [6, 6.07) is 0. The Balaban J connectivity index is 2.33. The van der Waals surface area contributed by atoms with E-state index in [1.54, 1.807) is 0 Å². The van der Waals surface area contributed by atoms with E-state index in [-0.39, 0.29) is 0 Å². The molecule has 0 saturated heterocycles. The summed E-state index contributed by atoms with van der Waals surface area (Å²) in [5.74, 6) is 1.96. The molecule has 0 N–H and O–H groups in total. The molecule has 3 unspecified atom stereocenters.